The number of nitrogens with zero attached hydrogens (tertiary/aromatic N) is 3. The first-order valence-corrected chi connectivity index (χ1v) is 7.71. The highest BCUT2D eigenvalue weighted by molar-refractivity contribution is 6.03. The Hall–Kier alpha value is -3.48. The Kier molecular flexibility index (Phi) is 4.56. The molecule has 0 aliphatic heterocycles. The van der Waals surface area contributed by atoms with Gasteiger partial charge in [0.05, 0.1) is 11.4 Å². The van der Waals surface area contributed by atoms with E-state index in [4.69, 9.17) is 0 Å². The average molecular weight is 335 g/mol. The van der Waals surface area contributed by atoms with Crippen LogP contribution in [0.25, 0.3) is 5.69 Å². The zero-order valence-electron chi connectivity index (χ0n) is 13.9. The van der Waals surface area contributed by atoms with E-state index in [0.29, 0.717) is 17.1 Å². The first-order valence-electron chi connectivity index (χ1n) is 7.71. The number of hydrogen-bond donors (Lipinski definition) is 2. The van der Waals surface area contributed by atoms with Crippen LogP contribution in [0, 0.1) is 6.92 Å². The summed E-state index contributed by atoms with van der Waals surface area (Å²) in [5.74, 6) is -0.489. The quantitative estimate of drug-likeness (QED) is 0.767. The Morgan fingerprint density at radius 3 is 2.12 bits per heavy atom. The number of hydrogen-bond acceptors (Lipinski definition) is 4. The first-order chi connectivity index (χ1) is 12.0. The molecule has 0 aliphatic carbocycles. The average Bonchev–Trinajstić information content (AvgIpc) is 2.98. The first kappa shape index (κ1) is 16.4. The van der Waals surface area contributed by atoms with Gasteiger partial charge in [0, 0.05) is 18.3 Å². The minimum Gasteiger partial charge on any atom is -0.326 e. The third-order valence-electron chi connectivity index (χ3n) is 3.57. The number of aromatic nitrogens is 3. The van der Waals surface area contributed by atoms with E-state index in [1.165, 1.54) is 6.92 Å². The Labute approximate surface area is 144 Å². The molecule has 7 nitrogen and oxygen atoms in total. The fraction of sp³-hybridized carbons (Fsp3) is 0.111. The van der Waals surface area contributed by atoms with Crippen LogP contribution in [0.5, 0.6) is 0 Å². The molecule has 0 unspecified atom stereocenters. The molecule has 3 aromatic rings. The van der Waals surface area contributed by atoms with E-state index in [2.05, 4.69) is 20.9 Å². The Balaban J connectivity index is 1.76. The lowest BCUT2D eigenvalue weighted by molar-refractivity contribution is -0.114. The van der Waals surface area contributed by atoms with Gasteiger partial charge in [-0.2, -0.15) is 0 Å². The molecule has 2 amide bonds. The van der Waals surface area contributed by atoms with E-state index in [1.54, 1.807) is 35.9 Å². The standard InChI is InChI=1S/C18H17N5O2/c1-12-17(21-22-23(12)16-6-4-3-5-7-16)18(25)20-15-10-8-14(9-11-15)19-13(2)24/h3-11H,1-2H3,(H,19,24)(H,20,25). The molecule has 126 valence electrons. The Morgan fingerprint density at radius 2 is 1.52 bits per heavy atom. The molecule has 0 aliphatic rings. The van der Waals surface area contributed by atoms with Gasteiger partial charge in [-0.3, -0.25) is 9.59 Å². The normalized spacial score (nSPS) is 10.3. The van der Waals surface area contributed by atoms with Crippen molar-refractivity contribution in [3.8, 4) is 5.69 Å². The van der Waals surface area contributed by atoms with Crippen LogP contribution in [0.3, 0.4) is 0 Å². The van der Waals surface area contributed by atoms with E-state index in [9.17, 15) is 9.59 Å². The third kappa shape index (κ3) is 3.72. The van der Waals surface area contributed by atoms with Gasteiger partial charge in [-0.15, -0.1) is 5.10 Å². The lowest BCUT2D eigenvalue weighted by Gasteiger charge is -2.06. The molecule has 0 saturated heterocycles. The highest BCUT2D eigenvalue weighted by atomic mass is 16.2. The van der Waals surface area contributed by atoms with Gasteiger partial charge < -0.3 is 10.6 Å². The van der Waals surface area contributed by atoms with Crippen molar-refractivity contribution in [1.82, 2.24) is 15.0 Å². The highest BCUT2D eigenvalue weighted by Gasteiger charge is 2.17. The molecule has 2 N–H and O–H groups in total. The summed E-state index contributed by atoms with van der Waals surface area (Å²) in [5.41, 5.74) is 3.02. The number of carbonyl (C=O) groups excluding carboxylic acids is 2. The minimum atomic E-state index is -0.341. The molecule has 2 aromatic carbocycles. The van der Waals surface area contributed by atoms with Crippen LogP contribution in [0.2, 0.25) is 0 Å². The molecule has 25 heavy (non-hydrogen) atoms. The van der Waals surface area contributed by atoms with E-state index >= 15 is 0 Å². The van der Waals surface area contributed by atoms with Crippen molar-refractivity contribution in [3.05, 3.63) is 66.0 Å². The van der Waals surface area contributed by atoms with Crippen LogP contribution in [0.1, 0.15) is 23.1 Å². The SMILES string of the molecule is CC(=O)Nc1ccc(NC(=O)c2nnn(-c3ccccc3)c2C)cc1. The molecular formula is C18H17N5O2. The summed E-state index contributed by atoms with van der Waals surface area (Å²) >= 11 is 0. The molecule has 0 atom stereocenters. The molecule has 1 heterocycles. The monoisotopic (exact) mass is 335 g/mol. The van der Waals surface area contributed by atoms with Gasteiger partial charge >= 0.3 is 0 Å². The van der Waals surface area contributed by atoms with Gasteiger partial charge in [0.1, 0.15) is 0 Å². The molecular weight excluding hydrogens is 318 g/mol. The lowest BCUT2D eigenvalue weighted by Crippen LogP contribution is -2.14. The number of rotatable bonds is 4. The van der Waals surface area contributed by atoms with Crippen LogP contribution in [-0.4, -0.2) is 26.8 Å². The van der Waals surface area contributed by atoms with E-state index < -0.39 is 0 Å². The second kappa shape index (κ2) is 6.96. The maximum atomic E-state index is 12.4. The number of amides is 2. The molecule has 0 radical (unpaired) electrons. The predicted octanol–water partition coefficient (Wildman–Crippen LogP) is 2.79. The fourth-order valence-electron chi connectivity index (χ4n) is 2.38. The van der Waals surface area contributed by atoms with E-state index in [0.717, 1.165) is 5.69 Å². The third-order valence-corrected chi connectivity index (χ3v) is 3.57. The summed E-state index contributed by atoms with van der Waals surface area (Å²) in [4.78, 5) is 23.5. The van der Waals surface area contributed by atoms with Gasteiger partial charge in [-0.05, 0) is 43.3 Å². The van der Waals surface area contributed by atoms with Gasteiger partial charge in [0.2, 0.25) is 5.91 Å². The van der Waals surface area contributed by atoms with Crippen LogP contribution in [0.15, 0.2) is 54.6 Å². The molecule has 7 heteroatoms. The lowest BCUT2D eigenvalue weighted by atomic mass is 10.2. The van der Waals surface area contributed by atoms with E-state index in [-0.39, 0.29) is 17.5 Å². The zero-order chi connectivity index (χ0) is 17.8. The maximum Gasteiger partial charge on any atom is 0.278 e. The van der Waals surface area contributed by atoms with Crippen molar-refractivity contribution < 1.29 is 9.59 Å². The summed E-state index contributed by atoms with van der Waals surface area (Å²) < 4.78 is 1.62. The number of para-hydroxylation sites is 1. The molecule has 0 bridgehead atoms. The van der Waals surface area contributed by atoms with Crippen LogP contribution in [0.4, 0.5) is 11.4 Å². The van der Waals surface area contributed by atoms with Crippen molar-refractivity contribution in [2.45, 2.75) is 13.8 Å². The summed E-state index contributed by atoms with van der Waals surface area (Å²) in [6, 6.07) is 16.3. The second-order valence-electron chi connectivity index (χ2n) is 5.48. The number of anilines is 2. The van der Waals surface area contributed by atoms with Crippen molar-refractivity contribution in [3.63, 3.8) is 0 Å². The highest BCUT2D eigenvalue weighted by Crippen LogP contribution is 2.16. The molecule has 1 aromatic heterocycles. The largest absolute Gasteiger partial charge is 0.326 e. The van der Waals surface area contributed by atoms with Crippen molar-refractivity contribution >= 4 is 23.2 Å². The summed E-state index contributed by atoms with van der Waals surface area (Å²) in [5, 5.41) is 13.5. The molecule has 0 fully saturated rings. The Bertz CT molecular complexity index is 901. The predicted molar refractivity (Wildman–Crippen MR) is 94.8 cm³/mol. The van der Waals surface area contributed by atoms with Gasteiger partial charge in [0.15, 0.2) is 5.69 Å². The van der Waals surface area contributed by atoms with Gasteiger partial charge in [-0.1, -0.05) is 23.4 Å². The van der Waals surface area contributed by atoms with Crippen LogP contribution >= 0.6 is 0 Å². The molecule has 3 rings (SSSR count). The zero-order valence-corrected chi connectivity index (χ0v) is 13.9. The molecule has 0 spiro atoms. The topological polar surface area (TPSA) is 88.9 Å². The summed E-state index contributed by atoms with van der Waals surface area (Å²) in [6.45, 7) is 3.23. The fourth-order valence-corrected chi connectivity index (χ4v) is 2.38. The van der Waals surface area contributed by atoms with E-state index in [1.807, 2.05) is 30.3 Å². The Morgan fingerprint density at radius 1 is 0.920 bits per heavy atom. The van der Waals surface area contributed by atoms with Crippen molar-refractivity contribution in [1.29, 1.82) is 0 Å². The van der Waals surface area contributed by atoms with Crippen LogP contribution < -0.4 is 10.6 Å². The molecule has 0 saturated carbocycles. The van der Waals surface area contributed by atoms with Gasteiger partial charge in [0.25, 0.3) is 5.91 Å². The number of nitrogens with one attached hydrogen (secondary N) is 2. The van der Waals surface area contributed by atoms with Crippen LogP contribution in [-0.2, 0) is 4.79 Å². The summed E-state index contributed by atoms with van der Waals surface area (Å²) in [7, 11) is 0. The minimum absolute atomic E-state index is 0.148. The van der Waals surface area contributed by atoms with Crippen molar-refractivity contribution in [2.75, 3.05) is 10.6 Å². The number of benzene rings is 2. The second-order valence-corrected chi connectivity index (χ2v) is 5.48. The number of carbonyl (C=O) groups is 2. The van der Waals surface area contributed by atoms with Crippen molar-refractivity contribution in [2.24, 2.45) is 0 Å². The smallest absolute Gasteiger partial charge is 0.278 e. The van der Waals surface area contributed by atoms with Gasteiger partial charge in [-0.25, -0.2) is 4.68 Å². The summed E-state index contributed by atoms with van der Waals surface area (Å²) in [6.07, 6.45) is 0. The maximum absolute atomic E-state index is 12.4.